The first-order chi connectivity index (χ1) is 8.61. The van der Waals surface area contributed by atoms with Crippen molar-refractivity contribution in [2.24, 2.45) is 0 Å². The molecular formula is C13H15N3O2. The van der Waals surface area contributed by atoms with Crippen LogP contribution < -0.4 is 5.32 Å². The highest BCUT2D eigenvalue weighted by Gasteiger charge is 2.15. The van der Waals surface area contributed by atoms with Crippen LogP contribution in [0.4, 0.5) is 5.69 Å². The van der Waals surface area contributed by atoms with Crippen molar-refractivity contribution in [3.05, 3.63) is 46.8 Å². The number of rotatable bonds is 3. The zero-order valence-corrected chi connectivity index (χ0v) is 10.3. The number of benzene rings is 1. The molecule has 0 aliphatic heterocycles. The van der Waals surface area contributed by atoms with Crippen LogP contribution in [0.2, 0.25) is 0 Å². The molecule has 0 saturated carbocycles. The van der Waals surface area contributed by atoms with Crippen LogP contribution in [0.15, 0.2) is 24.3 Å². The van der Waals surface area contributed by atoms with Gasteiger partial charge in [0.15, 0.2) is 0 Å². The zero-order valence-electron chi connectivity index (χ0n) is 10.3. The number of carbonyl (C=O) groups excluding carboxylic acids is 1. The Labute approximate surface area is 105 Å². The summed E-state index contributed by atoms with van der Waals surface area (Å²) in [5, 5.41) is 18.5. The van der Waals surface area contributed by atoms with Crippen molar-refractivity contribution >= 4 is 11.6 Å². The lowest BCUT2D eigenvalue weighted by Crippen LogP contribution is -2.13. The molecule has 5 nitrogen and oxygen atoms in total. The summed E-state index contributed by atoms with van der Waals surface area (Å²) in [6.45, 7) is 3.59. The van der Waals surface area contributed by atoms with E-state index in [1.807, 2.05) is 6.92 Å². The van der Waals surface area contributed by atoms with Crippen LogP contribution in [-0.2, 0) is 6.61 Å². The minimum atomic E-state index is -0.185. The summed E-state index contributed by atoms with van der Waals surface area (Å²) in [7, 11) is 0. The number of H-pyrrole nitrogens is 1. The number of carbonyl (C=O) groups is 1. The first kappa shape index (κ1) is 12.3. The molecule has 94 valence electrons. The van der Waals surface area contributed by atoms with E-state index in [4.69, 9.17) is 5.11 Å². The first-order valence-electron chi connectivity index (χ1n) is 5.64. The quantitative estimate of drug-likeness (QED) is 0.771. The fourth-order valence-electron chi connectivity index (χ4n) is 1.77. The summed E-state index contributed by atoms with van der Waals surface area (Å²) in [4.78, 5) is 12.1. The van der Waals surface area contributed by atoms with Gasteiger partial charge in [-0.25, -0.2) is 0 Å². The van der Waals surface area contributed by atoms with Gasteiger partial charge < -0.3 is 10.4 Å². The maximum atomic E-state index is 12.1. The number of aryl methyl sites for hydroxylation is 2. The van der Waals surface area contributed by atoms with E-state index in [-0.39, 0.29) is 12.5 Å². The number of anilines is 1. The summed E-state index contributed by atoms with van der Waals surface area (Å²) in [5.74, 6) is -0.185. The van der Waals surface area contributed by atoms with Crippen molar-refractivity contribution in [2.75, 3.05) is 5.32 Å². The Morgan fingerprint density at radius 2 is 2.00 bits per heavy atom. The van der Waals surface area contributed by atoms with E-state index in [1.165, 1.54) is 0 Å². The molecule has 5 heteroatoms. The average molecular weight is 245 g/mol. The Morgan fingerprint density at radius 1 is 1.33 bits per heavy atom. The van der Waals surface area contributed by atoms with Crippen LogP contribution in [0.1, 0.15) is 27.3 Å². The molecule has 3 N–H and O–H groups in total. The van der Waals surface area contributed by atoms with Crippen molar-refractivity contribution in [1.29, 1.82) is 0 Å². The molecule has 1 aromatic heterocycles. The van der Waals surface area contributed by atoms with Gasteiger partial charge in [0.05, 0.1) is 17.9 Å². The summed E-state index contributed by atoms with van der Waals surface area (Å²) in [5.41, 5.74) is 3.50. The third-order valence-corrected chi connectivity index (χ3v) is 2.75. The lowest BCUT2D eigenvalue weighted by molar-refractivity contribution is 0.102. The molecule has 0 atom stereocenters. The average Bonchev–Trinajstić information content (AvgIpc) is 2.70. The molecule has 0 spiro atoms. The molecule has 2 aromatic rings. The van der Waals surface area contributed by atoms with Crippen molar-refractivity contribution in [2.45, 2.75) is 20.5 Å². The van der Waals surface area contributed by atoms with Crippen LogP contribution >= 0.6 is 0 Å². The standard InChI is InChI=1S/C13H15N3O2/c1-8-12(9(2)16-15-8)13(18)14-11-5-3-10(7-17)4-6-11/h3-6,17H,7H2,1-2H3,(H,14,18)(H,15,16). The maximum absolute atomic E-state index is 12.1. The van der Waals surface area contributed by atoms with Crippen LogP contribution in [0.25, 0.3) is 0 Å². The van der Waals surface area contributed by atoms with E-state index in [0.717, 1.165) is 11.3 Å². The Morgan fingerprint density at radius 3 is 2.50 bits per heavy atom. The molecule has 0 saturated heterocycles. The molecule has 18 heavy (non-hydrogen) atoms. The number of aliphatic hydroxyl groups is 1. The minimum absolute atomic E-state index is 0.00578. The van der Waals surface area contributed by atoms with Gasteiger partial charge in [-0.3, -0.25) is 9.89 Å². The Bertz CT molecular complexity index is 539. The van der Waals surface area contributed by atoms with Crippen LogP contribution in [0.5, 0.6) is 0 Å². The molecule has 0 bridgehead atoms. The molecule has 0 aliphatic carbocycles. The second kappa shape index (κ2) is 5.01. The SMILES string of the molecule is Cc1n[nH]c(C)c1C(=O)Nc1ccc(CO)cc1. The van der Waals surface area contributed by atoms with Crippen molar-refractivity contribution in [1.82, 2.24) is 10.2 Å². The Balaban J connectivity index is 2.16. The predicted molar refractivity (Wildman–Crippen MR) is 68.4 cm³/mol. The minimum Gasteiger partial charge on any atom is -0.392 e. The number of hydrogen-bond donors (Lipinski definition) is 3. The second-order valence-corrected chi connectivity index (χ2v) is 4.12. The third-order valence-electron chi connectivity index (χ3n) is 2.75. The van der Waals surface area contributed by atoms with Gasteiger partial charge >= 0.3 is 0 Å². The summed E-state index contributed by atoms with van der Waals surface area (Å²) < 4.78 is 0. The fourth-order valence-corrected chi connectivity index (χ4v) is 1.77. The summed E-state index contributed by atoms with van der Waals surface area (Å²) >= 11 is 0. The van der Waals surface area contributed by atoms with Crippen molar-refractivity contribution in [3.63, 3.8) is 0 Å². The van der Waals surface area contributed by atoms with Gasteiger partial charge in [-0.1, -0.05) is 12.1 Å². The van der Waals surface area contributed by atoms with Crippen molar-refractivity contribution in [3.8, 4) is 0 Å². The lowest BCUT2D eigenvalue weighted by atomic mass is 10.1. The van der Waals surface area contributed by atoms with Crippen molar-refractivity contribution < 1.29 is 9.90 Å². The highest BCUT2D eigenvalue weighted by atomic mass is 16.3. The van der Waals surface area contributed by atoms with Gasteiger partial charge in [-0.2, -0.15) is 5.10 Å². The molecule has 2 rings (SSSR count). The molecule has 1 aromatic carbocycles. The van der Waals surface area contributed by atoms with Gasteiger partial charge in [0.1, 0.15) is 0 Å². The highest BCUT2D eigenvalue weighted by Crippen LogP contribution is 2.14. The van der Waals surface area contributed by atoms with Crippen LogP contribution in [-0.4, -0.2) is 21.2 Å². The van der Waals surface area contributed by atoms with E-state index in [1.54, 1.807) is 31.2 Å². The zero-order chi connectivity index (χ0) is 13.1. The number of nitrogens with zero attached hydrogens (tertiary/aromatic N) is 1. The smallest absolute Gasteiger partial charge is 0.259 e. The highest BCUT2D eigenvalue weighted by molar-refractivity contribution is 6.05. The third kappa shape index (κ3) is 2.41. The number of aromatic nitrogens is 2. The fraction of sp³-hybridized carbons (Fsp3) is 0.231. The van der Waals surface area contributed by atoms with Gasteiger partial charge in [0.25, 0.3) is 5.91 Å². The second-order valence-electron chi connectivity index (χ2n) is 4.12. The number of aromatic amines is 1. The van der Waals surface area contributed by atoms with Gasteiger partial charge in [-0.05, 0) is 31.5 Å². The molecule has 1 amide bonds. The van der Waals surface area contributed by atoms with Gasteiger partial charge in [0.2, 0.25) is 0 Å². The number of amides is 1. The maximum Gasteiger partial charge on any atom is 0.259 e. The largest absolute Gasteiger partial charge is 0.392 e. The molecule has 1 heterocycles. The molecule has 0 unspecified atom stereocenters. The van der Waals surface area contributed by atoms with E-state index >= 15 is 0 Å². The number of hydrogen-bond acceptors (Lipinski definition) is 3. The Kier molecular flexibility index (Phi) is 3.43. The van der Waals surface area contributed by atoms with E-state index in [2.05, 4.69) is 15.5 Å². The predicted octanol–water partition coefficient (Wildman–Crippen LogP) is 1.77. The summed E-state index contributed by atoms with van der Waals surface area (Å²) in [6, 6.07) is 7.05. The lowest BCUT2D eigenvalue weighted by Gasteiger charge is -2.06. The van der Waals surface area contributed by atoms with Crippen LogP contribution in [0, 0.1) is 13.8 Å². The Hall–Kier alpha value is -2.14. The molecule has 0 aliphatic rings. The van der Waals surface area contributed by atoms with Gasteiger partial charge in [-0.15, -0.1) is 0 Å². The normalized spacial score (nSPS) is 10.4. The van der Waals surface area contributed by atoms with Gasteiger partial charge in [0, 0.05) is 11.4 Å². The van der Waals surface area contributed by atoms with E-state index in [9.17, 15) is 4.79 Å². The van der Waals surface area contributed by atoms with E-state index in [0.29, 0.717) is 16.9 Å². The monoisotopic (exact) mass is 245 g/mol. The van der Waals surface area contributed by atoms with E-state index < -0.39 is 0 Å². The number of aliphatic hydroxyl groups excluding tert-OH is 1. The summed E-state index contributed by atoms with van der Waals surface area (Å²) in [6.07, 6.45) is 0. The van der Waals surface area contributed by atoms with Crippen LogP contribution in [0.3, 0.4) is 0 Å². The topological polar surface area (TPSA) is 78.0 Å². The first-order valence-corrected chi connectivity index (χ1v) is 5.64. The number of nitrogens with one attached hydrogen (secondary N) is 2. The molecular weight excluding hydrogens is 230 g/mol. The molecule has 0 fully saturated rings. The molecule has 0 radical (unpaired) electrons.